The second-order valence-electron chi connectivity index (χ2n) is 7.19. The molecular formula is C21H26O3. The molecule has 0 unspecified atom stereocenters. The molecule has 24 heavy (non-hydrogen) atoms. The zero-order chi connectivity index (χ0) is 17.2. The normalized spacial score (nSPS) is 28.9. The van der Waals surface area contributed by atoms with Crippen LogP contribution in [0.15, 0.2) is 49.1 Å². The summed E-state index contributed by atoms with van der Waals surface area (Å²) in [7, 11) is 1.66. The Bertz CT molecular complexity index is 631. The largest absolute Gasteiger partial charge is 0.497 e. The van der Waals surface area contributed by atoms with E-state index in [2.05, 4.69) is 13.2 Å². The first-order chi connectivity index (χ1) is 11.6. The van der Waals surface area contributed by atoms with Crippen molar-refractivity contribution < 1.29 is 14.3 Å². The molecule has 0 aliphatic heterocycles. The molecule has 0 amide bonds. The number of allylic oxidation sites excluding steroid dienone is 2. The van der Waals surface area contributed by atoms with Crippen molar-refractivity contribution in [2.45, 2.75) is 32.3 Å². The van der Waals surface area contributed by atoms with E-state index in [1.165, 1.54) is 0 Å². The number of hydrogen-bond donors (Lipinski definition) is 0. The monoisotopic (exact) mass is 326 g/mol. The van der Waals surface area contributed by atoms with E-state index >= 15 is 0 Å². The van der Waals surface area contributed by atoms with Gasteiger partial charge in [-0.3, -0.25) is 4.79 Å². The Morgan fingerprint density at radius 1 is 1.33 bits per heavy atom. The fourth-order valence-corrected chi connectivity index (χ4v) is 4.31. The van der Waals surface area contributed by atoms with E-state index < -0.39 is 0 Å². The van der Waals surface area contributed by atoms with Gasteiger partial charge in [0.25, 0.3) is 0 Å². The van der Waals surface area contributed by atoms with E-state index in [0.717, 1.165) is 36.1 Å². The van der Waals surface area contributed by atoms with Gasteiger partial charge in [0.05, 0.1) is 20.3 Å². The maximum atomic E-state index is 12.3. The average molecular weight is 326 g/mol. The summed E-state index contributed by atoms with van der Waals surface area (Å²) in [5.74, 6) is 1.59. The summed E-state index contributed by atoms with van der Waals surface area (Å²) < 4.78 is 11.3. The van der Waals surface area contributed by atoms with E-state index in [-0.39, 0.29) is 11.3 Å². The van der Waals surface area contributed by atoms with Crippen molar-refractivity contribution in [3.63, 3.8) is 0 Å². The van der Waals surface area contributed by atoms with Crippen LogP contribution in [0.4, 0.5) is 0 Å². The van der Waals surface area contributed by atoms with Crippen LogP contribution < -0.4 is 4.74 Å². The molecule has 2 bridgehead atoms. The van der Waals surface area contributed by atoms with Crippen LogP contribution in [-0.4, -0.2) is 19.5 Å². The summed E-state index contributed by atoms with van der Waals surface area (Å²) in [6.07, 6.45) is 5.25. The average Bonchev–Trinajstić information content (AvgIpc) is 2.88. The molecular weight excluding hydrogens is 300 g/mol. The number of benzene rings is 1. The van der Waals surface area contributed by atoms with Crippen LogP contribution in [-0.2, 0) is 16.1 Å². The predicted molar refractivity (Wildman–Crippen MR) is 94.9 cm³/mol. The predicted octanol–water partition coefficient (Wildman–Crippen LogP) is 4.33. The molecule has 3 heteroatoms. The molecule has 3 nitrogen and oxygen atoms in total. The quantitative estimate of drug-likeness (QED) is 0.700. The van der Waals surface area contributed by atoms with Crippen LogP contribution in [0.1, 0.15) is 31.2 Å². The third-order valence-electron chi connectivity index (χ3n) is 5.65. The summed E-state index contributed by atoms with van der Waals surface area (Å²) in [6, 6.07) is 7.95. The van der Waals surface area contributed by atoms with Gasteiger partial charge < -0.3 is 9.47 Å². The first-order valence-corrected chi connectivity index (χ1v) is 8.60. The Morgan fingerprint density at radius 2 is 2.08 bits per heavy atom. The van der Waals surface area contributed by atoms with Crippen LogP contribution in [0.2, 0.25) is 0 Å². The molecule has 0 spiro atoms. The van der Waals surface area contributed by atoms with Crippen LogP contribution in [0.25, 0.3) is 0 Å². The number of methoxy groups -OCH3 is 1. The van der Waals surface area contributed by atoms with Gasteiger partial charge in [0, 0.05) is 17.8 Å². The second kappa shape index (κ2) is 6.94. The topological polar surface area (TPSA) is 35.5 Å². The van der Waals surface area contributed by atoms with Gasteiger partial charge in [0.2, 0.25) is 0 Å². The van der Waals surface area contributed by atoms with E-state index in [1.54, 1.807) is 7.11 Å². The highest BCUT2D eigenvalue weighted by Gasteiger charge is 2.53. The van der Waals surface area contributed by atoms with Crippen molar-refractivity contribution in [2.24, 2.45) is 17.3 Å². The van der Waals surface area contributed by atoms with Crippen LogP contribution in [0.3, 0.4) is 0 Å². The summed E-state index contributed by atoms with van der Waals surface area (Å²) in [5.41, 5.74) is 2.28. The fraction of sp³-hybridized carbons (Fsp3) is 0.476. The van der Waals surface area contributed by atoms with Crippen molar-refractivity contribution >= 4 is 5.78 Å². The highest BCUT2D eigenvalue weighted by atomic mass is 16.5. The van der Waals surface area contributed by atoms with Gasteiger partial charge in [-0.2, -0.15) is 0 Å². The molecule has 0 aromatic heterocycles. The minimum absolute atomic E-state index is 0.0515. The Labute approximate surface area is 144 Å². The van der Waals surface area contributed by atoms with Gasteiger partial charge in [-0.15, -0.1) is 6.58 Å². The van der Waals surface area contributed by atoms with Crippen molar-refractivity contribution in [3.8, 4) is 5.75 Å². The van der Waals surface area contributed by atoms with Gasteiger partial charge in [0.15, 0.2) is 0 Å². The number of carbonyl (C=O) groups excluding carboxylic acids is 1. The number of rotatable bonds is 7. The lowest BCUT2D eigenvalue weighted by molar-refractivity contribution is -0.128. The van der Waals surface area contributed by atoms with Crippen molar-refractivity contribution in [3.05, 3.63) is 54.6 Å². The first kappa shape index (κ1) is 17.0. The summed E-state index contributed by atoms with van der Waals surface area (Å²) >= 11 is 0. The third kappa shape index (κ3) is 3.18. The smallest absolute Gasteiger partial charge is 0.140 e. The Morgan fingerprint density at radius 3 is 2.75 bits per heavy atom. The van der Waals surface area contributed by atoms with Crippen LogP contribution in [0.5, 0.6) is 5.75 Å². The molecule has 2 saturated carbocycles. The van der Waals surface area contributed by atoms with Gasteiger partial charge in [-0.05, 0) is 42.9 Å². The fourth-order valence-electron chi connectivity index (χ4n) is 4.31. The van der Waals surface area contributed by atoms with Gasteiger partial charge in [-0.25, -0.2) is 0 Å². The van der Waals surface area contributed by atoms with E-state index in [9.17, 15) is 4.79 Å². The number of ketones is 1. The first-order valence-electron chi connectivity index (χ1n) is 8.60. The zero-order valence-electron chi connectivity index (χ0n) is 14.4. The summed E-state index contributed by atoms with van der Waals surface area (Å²) in [6.45, 7) is 9.29. The molecule has 2 aliphatic rings. The molecule has 1 aromatic carbocycles. The lowest BCUT2D eigenvalue weighted by Gasteiger charge is -2.39. The summed E-state index contributed by atoms with van der Waals surface area (Å²) in [4.78, 5) is 12.3. The van der Waals surface area contributed by atoms with Crippen LogP contribution >= 0.6 is 0 Å². The van der Waals surface area contributed by atoms with Gasteiger partial charge >= 0.3 is 0 Å². The third-order valence-corrected chi connectivity index (χ3v) is 5.65. The maximum absolute atomic E-state index is 12.3. The molecule has 2 aliphatic carbocycles. The Kier molecular flexibility index (Phi) is 4.91. The van der Waals surface area contributed by atoms with E-state index in [1.807, 2.05) is 30.3 Å². The molecule has 3 atom stereocenters. The number of hydrogen-bond acceptors (Lipinski definition) is 3. The minimum Gasteiger partial charge on any atom is -0.497 e. The molecule has 0 heterocycles. The lowest BCUT2D eigenvalue weighted by atomic mass is 9.66. The van der Waals surface area contributed by atoms with Crippen molar-refractivity contribution in [1.82, 2.24) is 0 Å². The zero-order valence-corrected chi connectivity index (χ0v) is 14.4. The summed E-state index contributed by atoms with van der Waals surface area (Å²) in [5, 5.41) is 0. The second-order valence-corrected chi connectivity index (χ2v) is 7.19. The molecule has 3 rings (SSSR count). The van der Waals surface area contributed by atoms with Gasteiger partial charge in [-0.1, -0.05) is 30.4 Å². The standard InChI is InChI=1S/C21H26O3/c1-4-5-17-10-20(22)19-12-21(17,11-15(19)2)14-24-13-16-6-8-18(23-3)9-7-16/h4,6-9,17,19H,1-2,5,10-14H2,3H3/t17-,19-,21-/m1/s1. The van der Waals surface area contributed by atoms with E-state index in [4.69, 9.17) is 9.47 Å². The molecule has 0 radical (unpaired) electrons. The lowest BCUT2D eigenvalue weighted by Crippen LogP contribution is -2.39. The van der Waals surface area contributed by atoms with Crippen molar-refractivity contribution in [2.75, 3.05) is 13.7 Å². The van der Waals surface area contributed by atoms with Gasteiger partial charge in [0.1, 0.15) is 11.5 Å². The maximum Gasteiger partial charge on any atom is 0.140 e. The molecule has 0 saturated heterocycles. The number of carbonyl (C=O) groups is 1. The molecule has 2 fully saturated rings. The minimum atomic E-state index is 0.0515. The number of ether oxygens (including phenoxy) is 2. The highest BCUT2D eigenvalue weighted by Crippen LogP contribution is 2.56. The number of fused-ring (bicyclic) bond motifs is 2. The molecule has 1 aromatic rings. The highest BCUT2D eigenvalue weighted by molar-refractivity contribution is 5.86. The van der Waals surface area contributed by atoms with Crippen LogP contribution in [0, 0.1) is 17.3 Å². The SMILES string of the molecule is C=CC[C@@H]1CC(=O)[C@@H]2C[C@@]1(COCc1ccc(OC)cc1)CC2=C. The Balaban J connectivity index is 1.66. The Hall–Kier alpha value is -1.87. The molecule has 0 N–H and O–H groups in total. The van der Waals surface area contributed by atoms with E-state index in [0.29, 0.717) is 31.3 Å². The number of Topliss-reactive ketones (excluding diaryl/α,β-unsaturated/α-hetero) is 1. The molecule has 128 valence electrons. The van der Waals surface area contributed by atoms with Crippen molar-refractivity contribution in [1.29, 1.82) is 0 Å².